The van der Waals surface area contributed by atoms with Crippen LogP contribution in [-0.2, 0) is 33.2 Å². The maximum Gasteiger partial charge on any atom is 0.222 e. The highest BCUT2D eigenvalue weighted by Crippen LogP contribution is 2.34. The Morgan fingerprint density at radius 1 is 0.700 bits per heavy atom. The van der Waals surface area contributed by atoms with Crippen molar-refractivity contribution in [3.8, 4) is 0 Å². The third-order valence-electron chi connectivity index (χ3n) is 9.31. The van der Waals surface area contributed by atoms with E-state index in [-0.39, 0.29) is 38.4 Å². The molecule has 4 aliphatic rings. The highest BCUT2D eigenvalue weighted by Gasteiger charge is 2.54. The first-order valence-electron chi connectivity index (χ1n) is 16.3. The molecule has 290 valence electrons. The minimum absolute atomic E-state index is 0.0372. The predicted molar refractivity (Wildman–Crippen MR) is 168 cm³/mol. The number of guanidine groups is 1. The fourth-order valence-electron chi connectivity index (χ4n) is 6.42. The molecule has 4 fully saturated rings. The average molecular weight is 728 g/mol. The quantitative estimate of drug-likeness (QED) is 0.0618. The van der Waals surface area contributed by atoms with Crippen LogP contribution in [0.1, 0.15) is 12.8 Å². The van der Waals surface area contributed by atoms with Crippen LogP contribution in [0.2, 0.25) is 0 Å². The van der Waals surface area contributed by atoms with Gasteiger partial charge in [0.1, 0.15) is 73.2 Å². The van der Waals surface area contributed by atoms with Crippen molar-refractivity contribution in [3.05, 3.63) is 0 Å². The third-order valence-corrected chi connectivity index (χ3v) is 9.31. The largest absolute Gasteiger partial charge is 0.394 e. The smallest absolute Gasteiger partial charge is 0.222 e. The maximum atomic E-state index is 12.7. The summed E-state index contributed by atoms with van der Waals surface area (Å²) in [6.45, 7) is -1.15. The summed E-state index contributed by atoms with van der Waals surface area (Å²) in [6.07, 6.45) is -21.4. The van der Waals surface area contributed by atoms with E-state index in [1.807, 2.05) is 0 Å². The fraction of sp³-hybridized carbons (Fsp3) is 0.926. The van der Waals surface area contributed by atoms with Gasteiger partial charge < -0.3 is 110 Å². The maximum absolute atomic E-state index is 12.7. The molecule has 3 heterocycles. The first-order chi connectivity index (χ1) is 23.6. The number of aliphatic hydroxyl groups excluding tert-OH is 7. The Kier molecular flexibility index (Phi) is 14.4. The van der Waals surface area contributed by atoms with Gasteiger partial charge in [-0.3, -0.25) is 9.79 Å². The first-order valence-corrected chi connectivity index (χ1v) is 16.3. The number of nitrogens with two attached hydrogens (primary N) is 7. The summed E-state index contributed by atoms with van der Waals surface area (Å²) in [4.78, 5) is 16.5. The van der Waals surface area contributed by atoms with Crippen LogP contribution in [0.5, 0.6) is 0 Å². The lowest BCUT2D eigenvalue weighted by molar-refractivity contribution is -0.307. The van der Waals surface area contributed by atoms with Crippen LogP contribution in [0.3, 0.4) is 0 Å². The van der Waals surface area contributed by atoms with Crippen LogP contribution in [0, 0.1) is 0 Å². The highest BCUT2D eigenvalue weighted by atomic mass is 16.8. The molecule has 1 saturated carbocycles. The van der Waals surface area contributed by atoms with Crippen molar-refractivity contribution in [1.82, 2.24) is 5.32 Å². The number of ether oxygens (including phenoxy) is 6. The van der Waals surface area contributed by atoms with Crippen LogP contribution >= 0.6 is 0 Å². The number of aliphatic imine (C=N–C) groups is 1. The molecule has 0 aromatic heterocycles. The van der Waals surface area contributed by atoms with Gasteiger partial charge in [-0.1, -0.05) is 0 Å². The number of hydrogen-bond acceptors (Lipinski definition) is 20. The second kappa shape index (κ2) is 17.7. The first kappa shape index (κ1) is 40.8. The summed E-state index contributed by atoms with van der Waals surface area (Å²) in [6, 6.07) is -4.66. The second-order valence-electron chi connectivity index (χ2n) is 12.8. The number of rotatable bonds is 13. The number of carbonyl (C=O) groups is 1. The molecule has 0 spiro atoms. The molecule has 4 rings (SSSR count). The molecular weight excluding hydrogens is 674 g/mol. The van der Waals surface area contributed by atoms with E-state index in [4.69, 9.17) is 68.6 Å². The van der Waals surface area contributed by atoms with Crippen molar-refractivity contribution in [2.75, 3.05) is 26.2 Å². The minimum atomic E-state index is -1.70. The fourth-order valence-corrected chi connectivity index (χ4v) is 6.42. The molecular formula is C27H53N9O14. The number of nitrogens with zero attached hydrogens (tertiary/aromatic N) is 1. The van der Waals surface area contributed by atoms with Gasteiger partial charge in [0.15, 0.2) is 24.8 Å². The Bertz CT molecular complexity index is 1130. The SMILES string of the molecule is NCC1OC(OC2C(CO)OC(OC3C(O)C(NC(=O)CCN=C(N)N)CC(N)C3OC3OC(CN)C(O)C(O)C3N)C2O)C(N)C(O)C1O. The number of nitrogens with one attached hydrogen (secondary N) is 1. The molecule has 1 amide bonds. The zero-order valence-electron chi connectivity index (χ0n) is 27.2. The average Bonchev–Trinajstić information content (AvgIpc) is 3.37. The lowest BCUT2D eigenvalue weighted by Crippen LogP contribution is -2.68. The van der Waals surface area contributed by atoms with Crippen molar-refractivity contribution in [3.63, 3.8) is 0 Å². The Morgan fingerprint density at radius 2 is 1.20 bits per heavy atom. The molecule has 23 heteroatoms. The molecule has 3 aliphatic heterocycles. The molecule has 22 N–H and O–H groups in total. The molecule has 0 radical (unpaired) electrons. The summed E-state index contributed by atoms with van der Waals surface area (Å²) >= 11 is 0. The highest BCUT2D eigenvalue weighted by molar-refractivity contribution is 5.78. The molecule has 23 nitrogen and oxygen atoms in total. The zero-order valence-corrected chi connectivity index (χ0v) is 27.2. The van der Waals surface area contributed by atoms with Crippen molar-refractivity contribution in [1.29, 1.82) is 0 Å². The molecule has 19 unspecified atom stereocenters. The normalized spacial score (nSPS) is 46.8. The number of amides is 1. The van der Waals surface area contributed by atoms with Gasteiger partial charge in [0, 0.05) is 25.6 Å². The van der Waals surface area contributed by atoms with E-state index in [0.29, 0.717) is 0 Å². The van der Waals surface area contributed by atoms with Crippen molar-refractivity contribution < 1.29 is 69.0 Å². The van der Waals surface area contributed by atoms with Crippen LogP contribution in [0.4, 0.5) is 0 Å². The van der Waals surface area contributed by atoms with Crippen molar-refractivity contribution in [2.24, 2.45) is 45.1 Å². The standard InChI is InChI=1S/C27H53N9O14/c28-4-9-16(40)18(42)13(31)24(45-9)48-21-7(30)3-8(36-12(38)1-2-35-27(33)34)15(39)23(21)50-26-20(44)22(11(6-37)47-26)49-25-14(32)19(43)17(41)10(5-29)46-25/h7-11,13-26,37,39-44H,1-6,28-32H2,(H,36,38)(H4,33,34,35). The topological polar surface area (TPSA) is 421 Å². The summed E-state index contributed by atoms with van der Waals surface area (Å²) in [5.74, 6) is -0.755. The van der Waals surface area contributed by atoms with E-state index < -0.39 is 129 Å². The van der Waals surface area contributed by atoms with E-state index in [2.05, 4.69) is 10.3 Å². The van der Waals surface area contributed by atoms with Gasteiger partial charge in [-0.05, 0) is 6.42 Å². The third kappa shape index (κ3) is 8.96. The van der Waals surface area contributed by atoms with E-state index in [1.165, 1.54) is 0 Å². The van der Waals surface area contributed by atoms with E-state index >= 15 is 0 Å². The van der Waals surface area contributed by atoms with E-state index in [9.17, 15) is 40.5 Å². The van der Waals surface area contributed by atoms with Gasteiger partial charge in [-0.25, -0.2) is 0 Å². The van der Waals surface area contributed by atoms with Gasteiger partial charge >= 0.3 is 0 Å². The number of carbonyl (C=O) groups excluding carboxylic acids is 1. The van der Waals surface area contributed by atoms with Crippen molar-refractivity contribution in [2.45, 2.75) is 129 Å². The summed E-state index contributed by atoms with van der Waals surface area (Å²) < 4.78 is 35.1. The van der Waals surface area contributed by atoms with Crippen LogP contribution in [0.15, 0.2) is 4.99 Å². The molecule has 3 saturated heterocycles. The summed E-state index contributed by atoms with van der Waals surface area (Å²) in [5, 5.41) is 77.1. The Morgan fingerprint density at radius 3 is 1.70 bits per heavy atom. The summed E-state index contributed by atoms with van der Waals surface area (Å²) in [7, 11) is 0. The van der Waals surface area contributed by atoms with Gasteiger partial charge in [0.25, 0.3) is 0 Å². The molecule has 0 aromatic carbocycles. The molecule has 50 heavy (non-hydrogen) atoms. The molecule has 0 bridgehead atoms. The second-order valence-corrected chi connectivity index (χ2v) is 12.8. The lowest BCUT2D eigenvalue weighted by Gasteiger charge is -2.48. The van der Waals surface area contributed by atoms with Crippen LogP contribution in [-0.4, -0.2) is 190 Å². The Hall–Kier alpha value is -1.98. The Balaban J connectivity index is 1.56. The van der Waals surface area contributed by atoms with Gasteiger partial charge in [-0.15, -0.1) is 0 Å². The van der Waals surface area contributed by atoms with Gasteiger partial charge in [0.2, 0.25) is 5.91 Å². The Labute approximate surface area is 286 Å². The van der Waals surface area contributed by atoms with Gasteiger partial charge in [0.05, 0.1) is 31.3 Å². The van der Waals surface area contributed by atoms with Gasteiger partial charge in [-0.2, -0.15) is 0 Å². The van der Waals surface area contributed by atoms with Crippen LogP contribution in [0.25, 0.3) is 0 Å². The number of aliphatic hydroxyl groups is 7. The van der Waals surface area contributed by atoms with E-state index in [1.54, 1.807) is 0 Å². The monoisotopic (exact) mass is 727 g/mol. The molecule has 1 aliphatic carbocycles. The van der Waals surface area contributed by atoms with Crippen molar-refractivity contribution >= 4 is 11.9 Å². The number of hydrogen-bond donors (Lipinski definition) is 15. The zero-order chi connectivity index (χ0) is 37.0. The summed E-state index contributed by atoms with van der Waals surface area (Å²) in [5.41, 5.74) is 40.6. The molecule has 19 atom stereocenters. The predicted octanol–water partition coefficient (Wildman–Crippen LogP) is -10.1. The minimum Gasteiger partial charge on any atom is -0.394 e. The van der Waals surface area contributed by atoms with Crippen LogP contribution < -0.4 is 45.5 Å². The lowest BCUT2D eigenvalue weighted by atomic mass is 9.83. The van der Waals surface area contributed by atoms with E-state index in [0.717, 1.165) is 0 Å². The molecule has 0 aromatic rings.